The summed E-state index contributed by atoms with van der Waals surface area (Å²) in [6.07, 6.45) is 0. The standard InChI is InChI=1S/C31H31ClN4O2S2/c1-34(2)21-29(22-10-5-4-6-11-22)35(3)20-24-19-28(36(33-24)27-15-8-7-14-26(27)32)31-17-16-30(39-31)23-12-9-13-25(18-23)40(37)38/h4-19,29H,20-21H2,1-3H3,(H,37,38)/p-1. The van der Waals surface area contributed by atoms with Crippen molar-refractivity contribution in [3.8, 4) is 26.7 Å². The fourth-order valence-corrected chi connectivity index (χ4v) is 6.39. The number of thiophene rings is 1. The molecular weight excluding hydrogens is 560 g/mol. The van der Waals surface area contributed by atoms with E-state index in [-0.39, 0.29) is 10.9 Å². The molecule has 40 heavy (non-hydrogen) atoms. The van der Waals surface area contributed by atoms with Gasteiger partial charge in [0.2, 0.25) is 0 Å². The number of aromatic nitrogens is 2. The molecule has 2 aromatic heterocycles. The summed E-state index contributed by atoms with van der Waals surface area (Å²) in [5, 5.41) is 5.65. The molecule has 0 radical (unpaired) electrons. The van der Waals surface area contributed by atoms with E-state index in [0.29, 0.717) is 11.6 Å². The van der Waals surface area contributed by atoms with Crippen molar-refractivity contribution in [2.45, 2.75) is 17.5 Å². The van der Waals surface area contributed by atoms with Gasteiger partial charge < -0.3 is 9.45 Å². The summed E-state index contributed by atoms with van der Waals surface area (Å²) >= 11 is 5.95. The molecule has 0 aliphatic heterocycles. The van der Waals surface area contributed by atoms with E-state index in [1.807, 2.05) is 47.1 Å². The van der Waals surface area contributed by atoms with Gasteiger partial charge in [0, 0.05) is 28.9 Å². The van der Waals surface area contributed by atoms with E-state index in [1.165, 1.54) is 5.56 Å². The van der Waals surface area contributed by atoms with Gasteiger partial charge in [0.15, 0.2) is 0 Å². The molecule has 2 atom stereocenters. The van der Waals surface area contributed by atoms with Crippen molar-refractivity contribution in [3.63, 3.8) is 0 Å². The molecule has 3 aromatic carbocycles. The lowest BCUT2D eigenvalue weighted by Crippen LogP contribution is -2.32. The Kier molecular flexibility index (Phi) is 8.95. The maximum absolute atomic E-state index is 11.5. The molecular formula is C31H30ClN4O2S2-. The second-order valence-electron chi connectivity index (χ2n) is 9.91. The van der Waals surface area contributed by atoms with Gasteiger partial charge in [0.05, 0.1) is 27.0 Å². The lowest BCUT2D eigenvalue weighted by atomic mass is 10.1. The van der Waals surface area contributed by atoms with Gasteiger partial charge in [-0.25, -0.2) is 4.68 Å². The van der Waals surface area contributed by atoms with Crippen LogP contribution in [0.1, 0.15) is 17.3 Å². The third-order valence-electron chi connectivity index (χ3n) is 6.68. The van der Waals surface area contributed by atoms with Crippen LogP contribution in [-0.2, 0) is 17.6 Å². The summed E-state index contributed by atoms with van der Waals surface area (Å²) in [7, 11) is 6.31. The fraction of sp³-hybridized carbons (Fsp3) is 0.194. The van der Waals surface area contributed by atoms with Gasteiger partial charge in [-0.2, -0.15) is 5.10 Å². The molecule has 2 unspecified atom stereocenters. The number of hydrogen-bond acceptors (Lipinski definition) is 6. The average Bonchev–Trinajstić information content (AvgIpc) is 3.60. The van der Waals surface area contributed by atoms with Crippen LogP contribution >= 0.6 is 22.9 Å². The van der Waals surface area contributed by atoms with E-state index >= 15 is 0 Å². The van der Waals surface area contributed by atoms with E-state index in [9.17, 15) is 8.76 Å². The second kappa shape index (κ2) is 12.6. The first kappa shape index (κ1) is 28.4. The van der Waals surface area contributed by atoms with Crippen LogP contribution in [0.15, 0.2) is 102 Å². The minimum absolute atomic E-state index is 0.192. The molecule has 0 saturated carbocycles. The maximum atomic E-state index is 11.5. The third-order valence-corrected chi connectivity index (χ3v) is 8.79. The molecule has 206 valence electrons. The van der Waals surface area contributed by atoms with Gasteiger partial charge in [-0.05, 0) is 85.8 Å². The Morgan fingerprint density at radius 2 is 1.65 bits per heavy atom. The van der Waals surface area contributed by atoms with E-state index < -0.39 is 11.1 Å². The van der Waals surface area contributed by atoms with Gasteiger partial charge in [0.25, 0.3) is 0 Å². The molecule has 0 amide bonds. The topological polar surface area (TPSA) is 64.4 Å². The molecule has 0 fully saturated rings. The summed E-state index contributed by atoms with van der Waals surface area (Å²) in [5.41, 5.74) is 4.78. The van der Waals surface area contributed by atoms with Crippen LogP contribution in [0.3, 0.4) is 0 Å². The van der Waals surface area contributed by atoms with E-state index in [0.717, 1.165) is 38.9 Å². The molecule has 0 N–H and O–H groups in total. The Balaban J connectivity index is 1.52. The Bertz CT molecular complexity index is 1620. The quantitative estimate of drug-likeness (QED) is 0.166. The first-order valence-electron chi connectivity index (χ1n) is 12.8. The van der Waals surface area contributed by atoms with E-state index in [1.54, 1.807) is 29.5 Å². The van der Waals surface area contributed by atoms with E-state index in [2.05, 4.69) is 67.3 Å². The zero-order valence-electron chi connectivity index (χ0n) is 22.5. The van der Waals surface area contributed by atoms with Crippen molar-refractivity contribution in [1.29, 1.82) is 0 Å². The molecule has 2 heterocycles. The largest absolute Gasteiger partial charge is 0.768 e. The predicted molar refractivity (Wildman–Crippen MR) is 164 cm³/mol. The van der Waals surface area contributed by atoms with Crippen LogP contribution in [0.25, 0.3) is 26.7 Å². The van der Waals surface area contributed by atoms with Gasteiger partial charge in [0.1, 0.15) is 0 Å². The first-order chi connectivity index (χ1) is 19.3. The normalized spacial score (nSPS) is 13.2. The second-order valence-corrected chi connectivity index (χ2v) is 12.3. The number of hydrogen-bond donors (Lipinski definition) is 0. The molecule has 0 aliphatic rings. The van der Waals surface area contributed by atoms with Crippen LogP contribution in [0, 0.1) is 0 Å². The number of rotatable bonds is 10. The predicted octanol–water partition coefficient (Wildman–Crippen LogP) is 6.89. The van der Waals surface area contributed by atoms with Crippen LogP contribution in [0.5, 0.6) is 0 Å². The van der Waals surface area contributed by atoms with Gasteiger partial charge in [-0.3, -0.25) is 9.11 Å². The maximum Gasteiger partial charge on any atom is 0.0844 e. The molecule has 0 aliphatic carbocycles. The van der Waals surface area contributed by atoms with Gasteiger partial charge >= 0.3 is 0 Å². The van der Waals surface area contributed by atoms with Crippen LogP contribution in [0.4, 0.5) is 0 Å². The number of para-hydroxylation sites is 1. The minimum atomic E-state index is -2.28. The summed E-state index contributed by atoms with van der Waals surface area (Å²) < 4.78 is 24.9. The number of nitrogens with zero attached hydrogens (tertiary/aromatic N) is 4. The molecule has 5 rings (SSSR count). The molecule has 0 bridgehead atoms. The molecule has 0 saturated heterocycles. The summed E-state index contributed by atoms with van der Waals surface area (Å²) in [6, 6.07) is 31.6. The SMILES string of the molecule is CN(C)CC(c1ccccc1)N(C)Cc1cc(-c2ccc(-c3cccc(S(=O)[O-])c3)s2)n(-c2ccccc2Cl)n1. The lowest BCUT2D eigenvalue weighted by molar-refractivity contribution is 0.188. The zero-order valence-corrected chi connectivity index (χ0v) is 24.9. The highest BCUT2D eigenvalue weighted by molar-refractivity contribution is 7.79. The Morgan fingerprint density at radius 1 is 0.925 bits per heavy atom. The average molecular weight is 590 g/mol. The summed E-state index contributed by atoms with van der Waals surface area (Å²) in [4.78, 5) is 6.78. The Hall–Kier alpha value is -3.11. The molecule has 0 spiro atoms. The summed E-state index contributed by atoms with van der Waals surface area (Å²) in [6.45, 7) is 1.52. The number of likely N-dealkylation sites (N-methyl/N-ethyl adjacent to an activating group) is 2. The summed E-state index contributed by atoms with van der Waals surface area (Å²) in [5.74, 6) is 0. The van der Waals surface area contributed by atoms with Crippen LogP contribution in [-0.4, -0.2) is 56.0 Å². The van der Waals surface area contributed by atoms with Crippen LogP contribution < -0.4 is 0 Å². The number of benzene rings is 3. The van der Waals surface area contributed by atoms with Crippen molar-refractivity contribution < 1.29 is 8.76 Å². The van der Waals surface area contributed by atoms with Gasteiger partial charge in [-0.1, -0.05) is 66.2 Å². The Morgan fingerprint density at radius 3 is 2.38 bits per heavy atom. The smallest absolute Gasteiger partial charge is 0.0844 e. The first-order valence-corrected chi connectivity index (χ1v) is 15.1. The highest BCUT2D eigenvalue weighted by atomic mass is 35.5. The van der Waals surface area contributed by atoms with Crippen molar-refractivity contribution in [3.05, 3.63) is 113 Å². The monoisotopic (exact) mass is 589 g/mol. The highest BCUT2D eigenvalue weighted by Gasteiger charge is 2.21. The third kappa shape index (κ3) is 6.44. The van der Waals surface area contributed by atoms with Crippen molar-refractivity contribution in [2.24, 2.45) is 0 Å². The van der Waals surface area contributed by atoms with Gasteiger partial charge in [-0.15, -0.1) is 11.3 Å². The number of halogens is 1. The lowest BCUT2D eigenvalue weighted by Gasteiger charge is -2.30. The van der Waals surface area contributed by atoms with Crippen molar-refractivity contribution in [1.82, 2.24) is 19.6 Å². The van der Waals surface area contributed by atoms with E-state index in [4.69, 9.17) is 16.7 Å². The molecule has 9 heteroatoms. The van der Waals surface area contributed by atoms with Crippen molar-refractivity contribution in [2.75, 3.05) is 27.7 Å². The Labute approximate surface area is 246 Å². The molecule has 5 aromatic rings. The van der Waals surface area contributed by atoms with Crippen LogP contribution in [0.2, 0.25) is 5.02 Å². The minimum Gasteiger partial charge on any atom is -0.768 e. The fourth-order valence-electron chi connectivity index (χ4n) is 4.76. The zero-order chi connectivity index (χ0) is 28.2. The van der Waals surface area contributed by atoms with Crippen molar-refractivity contribution >= 4 is 34.0 Å². The molecule has 6 nitrogen and oxygen atoms in total. The highest BCUT2D eigenvalue weighted by Crippen LogP contribution is 2.37.